The molecule has 1 saturated heterocycles. The van der Waals surface area contributed by atoms with Gasteiger partial charge < -0.3 is 9.32 Å². The third kappa shape index (κ3) is 3.85. The molecule has 2 atom stereocenters. The molecule has 0 saturated carbocycles. The van der Waals surface area contributed by atoms with Gasteiger partial charge in [0, 0.05) is 17.6 Å². The zero-order valence-electron chi connectivity index (χ0n) is 16.0. The maximum absolute atomic E-state index is 12.6. The van der Waals surface area contributed by atoms with Crippen molar-refractivity contribution in [3.05, 3.63) is 59.3 Å². The smallest absolute Gasteiger partial charge is 0.242 e. The Morgan fingerprint density at radius 2 is 1.69 bits per heavy atom. The first-order chi connectivity index (χ1) is 13.9. The van der Waals surface area contributed by atoms with Crippen LogP contribution in [0.3, 0.4) is 0 Å². The van der Waals surface area contributed by atoms with Crippen molar-refractivity contribution < 1.29 is 18.8 Å². The van der Waals surface area contributed by atoms with Gasteiger partial charge in [-0.15, -0.1) is 0 Å². The lowest BCUT2D eigenvalue weighted by atomic mass is 9.85. The van der Waals surface area contributed by atoms with Gasteiger partial charge in [-0.2, -0.15) is 0 Å². The van der Waals surface area contributed by atoms with Crippen molar-refractivity contribution >= 4 is 29.3 Å². The zero-order valence-corrected chi connectivity index (χ0v) is 16.8. The molecule has 1 aromatic carbocycles. The van der Waals surface area contributed by atoms with Crippen LogP contribution in [0.15, 0.2) is 53.0 Å². The van der Waals surface area contributed by atoms with Gasteiger partial charge in [-0.3, -0.25) is 19.3 Å². The van der Waals surface area contributed by atoms with Crippen LogP contribution >= 0.6 is 11.6 Å². The van der Waals surface area contributed by atoms with Crippen LogP contribution in [0.5, 0.6) is 0 Å². The van der Waals surface area contributed by atoms with Gasteiger partial charge in [0.2, 0.25) is 17.7 Å². The Morgan fingerprint density at radius 1 is 1.07 bits per heavy atom. The van der Waals surface area contributed by atoms with E-state index in [1.165, 1.54) is 4.90 Å². The molecular weight excluding hydrogens is 392 g/mol. The fraction of sp³-hybridized carbons (Fsp3) is 0.318. The Balaban J connectivity index is 1.38. The Hall–Kier alpha value is -2.86. The maximum Gasteiger partial charge on any atom is 0.242 e. The number of amides is 3. The third-order valence-electron chi connectivity index (χ3n) is 5.50. The minimum Gasteiger partial charge on any atom is -0.459 e. The number of benzene rings is 1. The predicted octanol–water partition coefficient (Wildman–Crippen LogP) is 3.51. The first-order valence-corrected chi connectivity index (χ1v) is 9.90. The van der Waals surface area contributed by atoms with Crippen LogP contribution in [0, 0.1) is 11.8 Å². The number of likely N-dealkylation sites (tertiary alicyclic amines) is 1. The lowest BCUT2D eigenvalue weighted by molar-refractivity contribution is -0.146. The highest BCUT2D eigenvalue weighted by Gasteiger charge is 2.47. The number of likely N-dealkylation sites (N-methyl/N-ethyl adjacent to an activating group) is 1. The topological polar surface area (TPSA) is 70.8 Å². The summed E-state index contributed by atoms with van der Waals surface area (Å²) >= 11 is 5.91. The van der Waals surface area contributed by atoms with Crippen molar-refractivity contribution in [2.75, 3.05) is 13.6 Å². The monoisotopic (exact) mass is 412 g/mol. The highest BCUT2D eigenvalue weighted by atomic mass is 35.5. The number of halogens is 1. The lowest BCUT2D eigenvalue weighted by Gasteiger charge is -2.20. The molecule has 1 aliphatic carbocycles. The second-order valence-electron chi connectivity index (χ2n) is 7.44. The summed E-state index contributed by atoms with van der Waals surface area (Å²) in [6.07, 6.45) is 4.99. The van der Waals surface area contributed by atoms with Gasteiger partial charge in [-0.1, -0.05) is 23.8 Å². The van der Waals surface area contributed by atoms with Crippen LogP contribution in [0.2, 0.25) is 5.02 Å². The van der Waals surface area contributed by atoms with E-state index in [-0.39, 0.29) is 42.6 Å². The summed E-state index contributed by atoms with van der Waals surface area (Å²) in [7, 11) is 1.63. The number of hydrogen-bond donors (Lipinski definition) is 0. The van der Waals surface area contributed by atoms with Crippen molar-refractivity contribution in [3.8, 4) is 11.3 Å². The van der Waals surface area contributed by atoms with Crippen LogP contribution in [-0.2, 0) is 20.9 Å². The van der Waals surface area contributed by atoms with E-state index in [1.54, 1.807) is 25.2 Å². The molecule has 29 heavy (non-hydrogen) atoms. The number of rotatable bonds is 5. The van der Waals surface area contributed by atoms with E-state index >= 15 is 0 Å². The van der Waals surface area contributed by atoms with Crippen LogP contribution < -0.4 is 0 Å². The number of hydrogen-bond acceptors (Lipinski definition) is 4. The normalized spacial score (nSPS) is 20.8. The van der Waals surface area contributed by atoms with E-state index in [1.807, 2.05) is 30.4 Å². The summed E-state index contributed by atoms with van der Waals surface area (Å²) in [6, 6.07) is 10.9. The van der Waals surface area contributed by atoms with Gasteiger partial charge in [0.15, 0.2) is 0 Å². The Labute approximate surface area is 173 Å². The highest BCUT2D eigenvalue weighted by molar-refractivity contribution is 6.30. The summed E-state index contributed by atoms with van der Waals surface area (Å²) in [5.41, 5.74) is 0.888. The largest absolute Gasteiger partial charge is 0.459 e. The average molecular weight is 413 g/mol. The first-order valence-electron chi connectivity index (χ1n) is 9.53. The molecule has 0 unspecified atom stereocenters. The summed E-state index contributed by atoms with van der Waals surface area (Å²) < 4.78 is 5.83. The standard InChI is InChI=1S/C22H21ClN2O4/c1-24(12-16-10-11-19(29-16)14-6-8-15(23)9-7-14)20(26)13-25-21(27)17-4-2-3-5-18(17)22(25)28/h2-3,6-11,17-18H,4-5,12-13H2,1H3/t17-,18-/m0/s1. The van der Waals surface area contributed by atoms with Crippen molar-refractivity contribution in [1.82, 2.24) is 9.80 Å². The number of imide groups is 1. The fourth-order valence-corrected chi connectivity index (χ4v) is 3.96. The minimum atomic E-state index is -0.322. The van der Waals surface area contributed by atoms with Crippen LogP contribution in [-0.4, -0.2) is 41.1 Å². The molecule has 0 bridgehead atoms. The highest BCUT2D eigenvalue weighted by Crippen LogP contribution is 2.35. The van der Waals surface area contributed by atoms with Crippen LogP contribution in [0.4, 0.5) is 0 Å². The van der Waals surface area contributed by atoms with Gasteiger partial charge in [-0.05, 0) is 49.2 Å². The predicted molar refractivity (Wildman–Crippen MR) is 108 cm³/mol. The quantitative estimate of drug-likeness (QED) is 0.556. The molecule has 4 rings (SSSR count). The Bertz CT molecular complexity index is 953. The number of furan rings is 1. The number of nitrogens with zero attached hydrogens (tertiary/aromatic N) is 2. The molecule has 1 aromatic heterocycles. The van der Waals surface area contributed by atoms with E-state index in [0.29, 0.717) is 29.4 Å². The SMILES string of the molecule is CN(Cc1ccc(-c2ccc(Cl)cc2)o1)C(=O)CN1C(=O)[C@H]2CC=CC[C@@H]2C1=O. The fourth-order valence-electron chi connectivity index (χ4n) is 3.83. The molecule has 7 heteroatoms. The van der Waals surface area contributed by atoms with Gasteiger partial charge in [-0.25, -0.2) is 0 Å². The Morgan fingerprint density at radius 3 is 2.31 bits per heavy atom. The van der Waals surface area contributed by atoms with Gasteiger partial charge >= 0.3 is 0 Å². The summed E-state index contributed by atoms with van der Waals surface area (Å²) in [5.74, 6) is -0.136. The number of carbonyl (C=O) groups excluding carboxylic acids is 3. The molecular formula is C22H21ClN2O4. The number of fused-ring (bicyclic) bond motifs is 1. The Kier molecular flexibility index (Phi) is 5.28. The molecule has 2 aliphatic rings. The molecule has 2 heterocycles. The molecule has 1 fully saturated rings. The maximum atomic E-state index is 12.6. The van der Waals surface area contributed by atoms with Crippen molar-refractivity contribution in [2.45, 2.75) is 19.4 Å². The minimum absolute atomic E-state index is 0.230. The van der Waals surface area contributed by atoms with Crippen molar-refractivity contribution in [1.29, 1.82) is 0 Å². The van der Waals surface area contributed by atoms with E-state index in [9.17, 15) is 14.4 Å². The molecule has 0 spiro atoms. The molecule has 3 amide bonds. The van der Waals surface area contributed by atoms with Gasteiger partial charge in [0.25, 0.3) is 0 Å². The van der Waals surface area contributed by atoms with Crippen LogP contribution in [0.1, 0.15) is 18.6 Å². The first kappa shape index (κ1) is 19.5. The molecule has 2 aromatic rings. The number of carbonyl (C=O) groups is 3. The van der Waals surface area contributed by atoms with Crippen molar-refractivity contribution in [3.63, 3.8) is 0 Å². The molecule has 6 nitrogen and oxygen atoms in total. The number of allylic oxidation sites excluding steroid dienone is 2. The van der Waals surface area contributed by atoms with Gasteiger partial charge in [0.1, 0.15) is 18.1 Å². The van der Waals surface area contributed by atoms with Gasteiger partial charge in [0.05, 0.1) is 18.4 Å². The van der Waals surface area contributed by atoms with E-state index < -0.39 is 0 Å². The molecule has 0 radical (unpaired) electrons. The molecule has 0 N–H and O–H groups in total. The van der Waals surface area contributed by atoms with E-state index in [4.69, 9.17) is 16.0 Å². The van der Waals surface area contributed by atoms with Crippen LogP contribution in [0.25, 0.3) is 11.3 Å². The second-order valence-corrected chi connectivity index (χ2v) is 7.88. The van der Waals surface area contributed by atoms with E-state index in [0.717, 1.165) is 10.5 Å². The van der Waals surface area contributed by atoms with Crippen molar-refractivity contribution in [2.24, 2.45) is 11.8 Å². The zero-order chi connectivity index (χ0) is 20.5. The molecule has 150 valence electrons. The average Bonchev–Trinajstić information content (AvgIpc) is 3.28. The van der Waals surface area contributed by atoms with E-state index in [2.05, 4.69) is 0 Å². The summed E-state index contributed by atoms with van der Waals surface area (Å²) in [4.78, 5) is 40.2. The summed E-state index contributed by atoms with van der Waals surface area (Å²) in [5, 5.41) is 0.646. The molecule has 1 aliphatic heterocycles. The summed E-state index contributed by atoms with van der Waals surface area (Å²) in [6.45, 7) is 0.0168. The third-order valence-corrected chi connectivity index (χ3v) is 5.75. The lowest BCUT2D eigenvalue weighted by Crippen LogP contribution is -2.41. The second kappa shape index (κ2) is 7.87.